The minimum absolute atomic E-state index is 0.0593. The fourth-order valence-electron chi connectivity index (χ4n) is 3.20. The second-order valence-electron chi connectivity index (χ2n) is 6.75. The predicted molar refractivity (Wildman–Crippen MR) is 113 cm³/mol. The van der Waals surface area contributed by atoms with Gasteiger partial charge in [-0.15, -0.1) is 0 Å². The van der Waals surface area contributed by atoms with Gasteiger partial charge in [-0.3, -0.25) is 14.2 Å². The van der Waals surface area contributed by atoms with Gasteiger partial charge in [0.1, 0.15) is 16.8 Å². The molecule has 7 nitrogen and oxygen atoms in total. The number of amides is 1. The molecule has 28 heavy (non-hydrogen) atoms. The number of hydrogen-bond acceptors (Lipinski definition) is 5. The molecule has 1 amide bonds. The van der Waals surface area contributed by atoms with Crippen molar-refractivity contribution in [2.75, 3.05) is 12.9 Å². The minimum Gasteiger partial charge on any atom is -0.497 e. The smallest absolute Gasteiger partial charge is 0.278 e. The molecule has 0 fully saturated rings. The molecule has 1 aromatic carbocycles. The second-order valence-corrected chi connectivity index (χ2v) is 7.69. The van der Waals surface area contributed by atoms with Gasteiger partial charge in [0.15, 0.2) is 5.16 Å². The third-order valence-electron chi connectivity index (χ3n) is 4.93. The Bertz CT molecular complexity index is 1090. The van der Waals surface area contributed by atoms with Crippen molar-refractivity contribution in [1.82, 2.24) is 19.4 Å². The second kappa shape index (κ2) is 8.26. The Balaban J connectivity index is 2.09. The summed E-state index contributed by atoms with van der Waals surface area (Å²) in [5.74, 6) is 0.871. The summed E-state index contributed by atoms with van der Waals surface area (Å²) in [5, 5.41) is 4.36. The maximum atomic E-state index is 13.2. The predicted octanol–water partition coefficient (Wildman–Crippen LogP) is 2.92. The summed E-state index contributed by atoms with van der Waals surface area (Å²) in [4.78, 5) is 30.1. The van der Waals surface area contributed by atoms with E-state index in [9.17, 15) is 9.59 Å². The first kappa shape index (κ1) is 20.3. The number of nitrogens with zero attached hydrogens (tertiary/aromatic N) is 3. The highest BCUT2D eigenvalue weighted by atomic mass is 32.2. The van der Waals surface area contributed by atoms with E-state index < -0.39 is 0 Å². The fourth-order valence-corrected chi connectivity index (χ4v) is 4.06. The topological polar surface area (TPSA) is 78.2 Å². The third-order valence-corrected chi connectivity index (χ3v) is 5.91. The van der Waals surface area contributed by atoms with Gasteiger partial charge in [0, 0.05) is 25.0 Å². The van der Waals surface area contributed by atoms with E-state index in [2.05, 4.69) is 5.32 Å². The number of fused-ring (bicyclic) bond motifs is 3. The molecule has 1 unspecified atom stereocenters. The van der Waals surface area contributed by atoms with Crippen molar-refractivity contribution in [3.8, 4) is 5.75 Å². The van der Waals surface area contributed by atoms with E-state index in [4.69, 9.17) is 9.72 Å². The van der Waals surface area contributed by atoms with Crippen molar-refractivity contribution in [2.24, 2.45) is 7.05 Å². The zero-order chi connectivity index (χ0) is 20.4. The molecule has 3 rings (SSSR count). The number of carbonyl (C=O) groups excluding carboxylic acids is 1. The lowest BCUT2D eigenvalue weighted by molar-refractivity contribution is -0.119. The Morgan fingerprint density at radius 1 is 1.36 bits per heavy atom. The average Bonchev–Trinajstić information content (AvgIpc) is 2.98. The molecule has 0 saturated heterocycles. The van der Waals surface area contributed by atoms with Crippen LogP contribution in [0.4, 0.5) is 0 Å². The highest BCUT2D eigenvalue weighted by molar-refractivity contribution is 7.99. The van der Waals surface area contributed by atoms with E-state index in [0.29, 0.717) is 28.5 Å². The molecular formula is C20H26N4O3S. The average molecular weight is 403 g/mol. The lowest BCUT2D eigenvalue weighted by Gasteiger charge is -2.13. The van der Waals surface area contributed by atoms with Gasteiger partial charge in [-0.25, -0.2) is 4.98 Å². The molecule has 8 heteroatoms. The zero-order valence-corrected chi connectivity index (χ0v) is 17.7. The highest BCUT2D eigenvalue weighted by Gasteiger charge is 2.19. The van der Waals surface area contributed by atoms with Gasteiger partial charge in [0.05, 0.1) is 18.4 Å². The Morgan fingerprint density at radius 3 is 2.75 bits per heavy atom. The summed E-state index contributed by atoms with van der Waals surface area (Å²) in [7, 11) is 3.48. The van der Waals surface area contributed by atoms with Crippen LogP contribution in [-0.2, 0) is 18.4 Å². The van der Waals surface area contributed by atoms with E-state index in [0.717, 1.165) is 17.3 Å². The molecule has 0 aliphatic rings. The number of hydrogen-bond donors (Lipinski definition) is 1. The van der Waals surface area contributed by atoms with Crippen molar-refractivity contribution in [2.45, 2.75) is 44.9 Å². The Kier molecular flexibility index (Phi) is 5.98. The molecule has 0 radical (unpaired) electrons. The molecule has 1 atom stereocenters. The van der Waals surface area contributed by atoms with Crippen LogP contribution in [0.25, 0.3) is 21.9 Å². The van der Waals surface area contributed by atoms with E-state index in [1.165, 1.54) is 11.8 Å². The van der Waals surface area contributed by atoms with Crippen molar-refractivity contribution in [3.63, 3.8) is 0 Å². The van der Waals surface area contributed by atoms with E-state index in [1.54, 1.807) is 11.7 Å². The molecule has 150 valence electrons. The maximum absolute atomic E-state index is 13.2. The molecule has 1 N–H and O–H groups in total. The lowest BCUT2D eigenvalue weighted by Crippen LogP contribution is -2.33. The van der Waals surface area contributed by atoms with Crippen LogP contribution in [0.1, 0.15) is 27.2 Å². The van der Waals surface area contributed by atoms with Crippen LogP contribution >= 0.6 is 11.8 Å². The van der Waals surface area contributed by atoms with Gasteiger partial charge in [0.25, 0.3) is 5.56 Å². The number of benzene rings is 1. The molecule has 2 aromatic heterocycles. The number of ether oxygens (including phenoxy) is 1. The van der Waals surface area contributed by atoms with Crippen molar-refractivity contribution < 1.29 is 9.53 Å². The largest absolute Gasteiger partial charge is 0.497 e. The Morgan fingerprint density at radius 2 is 2.11 bits per heavy atom. The molecule has 2 heterocycles. The van der Waals surface area contributed by atoms with Crippen molar-refractivity contribution in [1.29, 1.82) is 0 Å². The number of aromatic nitrogens is 3. The SMILES string of the molecule is CCC(C)NC(=O)CSc1nc2c3cc(OC)ccc3n(C)c2c(=O)n1CC. The van der Waals surface area contributed by atoms with Crippen LogP contribution in [0, 0.1) is 0 Å². The van der Waals surface area contributed by atoms with Gasteiger partial charge < -0.3 is 14.6 Å². The van der Waals surface area contributed by atoms with Crippen LogP contribution in [0.15, 0.2) is 28.2 Å². The van der Waals surface area contributed by atoms with Gasteiger partial charge in [0.2, 0.25) is 5.91 Å². The van der Waals surface area contributed by atoms with Gasteiger partial charge in [-0.05, 0) is 38.5 Å². The van der Waals surface area contributed by atoms with Crippen LogP contribution < -0.4 is 15.6 Å². The molecule has 0 bridgehead atoms. The molecule has 0 aliphatic heterocycles. The first-order valence-electron chi connectivity index (χ1n) is 9.40. The number of aryl methyl sites for hydroxylation is 1. The van der Waals surface area contributed by atoms with Crippen molar-refractivity contribution in [3.05, 3.63) is 28.6 Å². The molecular weight excluding hydrogens is 376 g/mol. The summed E-state index contributed by atoms with van der Waals surface area (Å²) in [6.45, 7) is 6.39. The van der Waals surface area contributed by atoms with Crippen LogP contribution in [-0.4, -0.2) is 38.9 Å². The summed E-state index contributed by atoms with van der Waals surface area (Å²) in [6, 6.07) is 5.82. The Labute approximate surface area is 168 Å². The minimum atomic E-state index is -0.102. The summed E-state index contributed by atoms with van der Waals surface area (Å²) in [6.07, 6.45) is 0.873. The highest BCUT2D eigenvalue weighted by Crippen LogP contribution is 2.29. The first-order chi connectivity index (χ1) is 13.4. The van der Waals surface area contributed by atoms with Crippen LogP contribution in [0.3, 0.4) is 0 Å². The van der Waals surface area contributed by atoms with E-state index in [-0.39, 0.29) is 23.3 Å². The molecule has 0 saturated carbocycles. The monoisotopic (exact) mass is 402 g/mol. The van der Waals surface area contributed by atoms with Gasteiger partial charge in [-0.2, -0.15) is 0 Å². The Hall–Kier alpha value is -2.48. The van der Waals surface area contributed by atoms with Crippen LogP contribution in [0.2, 0.25) is 0 Å². The van der Waals surface area contributed by atoms with E-state index in [1.807, 2.05) is 50.6 Å². The zero-order valence-electron chi connectivity index (χ0n) is 16.9. The van der Waals surface area contributed by atoms with E-state index >= 15 is 0 Å². The van der Waals surface area contributed by atoms with Gasteiger partial charge in [-0.1, -0.05) is 18.7 Å². The number of thioether (sulfide) groups is 1. The van der Waals surface area contributed by atoms with Gasteiger partial charge >= 0.3 is 0 Å². The molecule has 0 spiro atoms. The lowest BCUT2D eigenvalue weighted by atomic mass is 10.2. The molecule has 0 aliphatic carbocycles. The standard InChI is InChI=1S/C20H26N4O3S/c1-6-12(3)21-16(25)11-28-20-22-17-14-10-13(27-5)8-9-15(14)23(4)18(17)19(26)24(20)7-2/h8-10,12H,6-7,11H2,1-5H3,(H,21,25). The van der Waals surface area contributed by atoms with Crippen molar-refractivity contribution >= 4 is 39.6 Å². The summed E-state index contributed by atoms with van der Waals surface area (Å²) >= 11 is 1.29. The normalized spacial score (nSPS) is 12.5. The summed E-state index contributed by atoms with van der Waals surface area (Å²) in [5.41, 5.74) is 2.00. The third kappa shape index (κ3) is 3.61. The fraction of sp³-hybridized carbons (Fsp3) is 0.450. The number of methoxy groups -OCH3 is 1. The number of nitrogens with one attached hydrogen (secondary N) is 1. The quantitative estimate of drug-likeness (QED) is 0.486. The number of rotatable bonds is 7. The first-order valence-corrected chi connectivity index (χ1v) is 10.4. The van der Waals surface area contributed by atoms with Crippen LogP contribution in [0.5, 0.6) is 5.75 Å². The maximum Gasteiger partial charge on any atom is 0.278 e. The molecule has 3 aromatic rings. The summed E-state index contributed by atoms with van der Waals surface area (Å²) < 4.78 is 8.83. The number of carbonyl (C=O) groups is 1.